The Labute approximate surface area is 148 Å². The maximum absolute atomic E-state index is 12.6. The minimum absolute atomic E-state index is 0.0405. The van der Waals surface area contributed by atoms with Crippen LogP contribution in [0.1, 0.15) is 22.3 Å². The molecule has 1 aliphatic heterocycles. The van der Waals surface area contributed by atoms with Crippen molar-refractivity contribution in [3.63, 3.8) is 0 Å². The second kappa shape index (κ2) is 6.63. The predicted molar refractivity (Wildman–Crippen MR) is 101 cm³/mol. The lowest BCUT2D eigenvalue weighted by atomic mass is 9.99. The Morgan fingerprint density at radius 3 is 2.28 bits per heavy atom. The van der Waals surface area contributed by atoms with Crippen LogP contribution < -0.4 is 14.4 Å². The Kier molecular flexibility index (Phi) is 4.53. The third-order valence-corrected chi connectivity index (χ3v) is 4.74. The van der Waals surface area contributed by atoms with Crippen LogP contribution in [0.25, 0.3) is 6.08 Å². The molecule has 0 radical (unpaired) electrons. The van der Waals surface area contributed by atoms with Crippen LogP contribution in [0.5, 0.6) is 11.5 Å². The van der Waals surface area contributed by atoms with Crippen molar-refractivity contribution in [3.05, 3.63) is 58.2 Å². The minimum Gasteiger partial charge on any atom is -0.496 e. The molecule has 1 fully saturated rings. The number of anilines is 1. The van der Waals surface area contributed by atoms with Crippen LogP contribution in [-0.2, 0) is 4.79 Å². The number of β-lactam (4-membered cyclic amide) rings is 1. The third kappa shape index (κ3) is 3.12. The molecular weight excluding hydrogens is 314 g/mol. The van der Waals surface area contributed by atoms with Crippen molar-refractivity contribution < 1.29 is 14.3 Å². The molecule has 4 heteroatoms. The zero-order chi connectivity index (χ0) is 18.1. The molecule has 2 aromatic carbocycles. The van der Waals surface area contributed by atoms with Gasteiger partial charge in [-0.2, -0.15) is 0 Å². The summed E-state index contributed by atoms with van der Waals surface area (Å²) in [6.07, 6.45) is 1.95. The summed E-state index contributed by atoms with van der Waals surface area (Å²) < 4.78 is 10.7. The van der Waals surface area contributed by atoms with Crippen LogP contribution >= 0.6 is 0 Å². The highest BCUT2D eigenvalue weighted by molar-refractivity contribution is 6.16. The smallest absolute Gasteiger partial charge is 0.256 e. The summed E-state index contributed by atoms with van der Waals surface area (Å²) in [5.41, 5.74) is 5.97. The molecule has 1 saturated heterocycles. The predicted octanol–water partition coefficient (Wildman–Crippen LogP) is 4.06. The van der Waals surface area contributed by atoms with E-state index >= 15 is 0 Å². The number of benzene rings is 2. The van der Waals surface area contributed by atoms with E-state index in [1.165, 1.54) is 0 Å². The Morgan fingerprint density at radius 1 is 0.960 bits per heavy atom. The van der Waals surface area contributed by atoms with Crippen LogP contribution in [-0.4, -0.2) is 26.7 Å². The quantitative estimate of drug-likeness (QED) is 0.624. The zero-order valence-corrected chi connectivity index (χ0v) is 15.3. The average Bonchev–Trinajstić information content (AvgIpc) is 2.60. The number of hydrogen-bond acceptors (Lipinski definition) is 3. The molecule has 130 valence electrons. The fraction of sp³-hybridized carbons (Fsp3) is 0.286. The van der Waals surface area contributed by atoms with Gasteiger partial charge in [-0.15, -0.1) is 0 Å². The summed E-state index contributed by atoms with van der Waals surface area (Å²) in [4.78, 5) is 14.3. The van der Waals surface area contributed by atoms with E-state index in [2.05, 4.69) is 0 Å². The minimum atomic E-state index is 0.0405. The molecule has 0 aliphatic carbocycles. The Bertz CT molecular complexity index is 868. The van der Waals surface area contributed by atoms with Gasteiger partial charge in [0.1, 0.15) is 11.5 Å². The highest BCUT2D eigenvalue weighted by Gasteiger charge is 2.32. The van der Waals surface area contributed by atoms with Crippen molar-refractivity contribution >= 4 is 17.7 Å². The van der Waals surface area contributed by atoms with Crippen LogP contribution in [0.3, 0.4) is 0 Å². The van der Waals surface area contributed by atoms with Crippen molar-refractivity contribution in [3.8, 4) is 11.5 Å². The number of rotatable bonds is 4. The van der Waals surface area contributed by atoms with Crippen molar-refractivity contribution in [1.29, 1.82) is 0 Å². The molecular formula is C21H23NO3. The first-order valence-electron chi connectivity index (χ1n) is 8.27. The van der Waals surface area contributed by atoms with E-state index in [0.717, 1.165) is 45.0 Å². The van der Waals surface area contributed by atoms with Gasteiger partial charge in [0.2, 0.25) is 0 Å². The van der Waals surface area contributed by atoms with Crippen LogP contribution in [0.15, 0.2) is 35.9 Å². The number of aryl methyl sites for hydroxylation is 2. The van der Waals surface area contributed by atoms with E-state index in [1.807, 2.05) is 57.2 Å². The number of amides is 1. The lowest BCUT2D eigenvalue weighted by molar-refractivity contribution is -0.117. The molecule has 0 unspecified atom stereocenters. The number of carbonyl (C=O) groups is 1. The maximum Gasteiger partial charge on any atom is 0.256 e. The molecule has 0 saturated carbocycles. The standard InChI is InChI=1S/C21H23NO3/c1-13-9-18(11-20(25-5)15(13)3)22-12-17(21(22)23)10-16-6-7-19(24-4)14(2)8-16/h6-11H,12H2,1-5H3/b17-10-. The summed E-state index contributed by atoms with van der Waals surface area (Å²) >= 11 is 0. The Hall–Kier alpha value is -2.75. The maximum atomic E-state index is 12.6. The first kappa shape index (κ1) is 17.1. The lowest BCUT2D eigenvalue weighted by Gasteiger charge is -2.34. The monoisotopic (exact) mass is 337 g/mol. The summed E-state index contributed by atoms with van der Waals surface area (Å²) in [6, 6.07) is 9.88. The van der Waals surface area contributed by atoms with Gasteiger partial charge in [0, 0.05) is 17.3 Å². The van der Waals surface area contributed by atoms with Crippen LogP contribution in [0.4, 0.5) is 5.69 Å². The Balaban J connectivity index is 1.82. The average molecular weight is 337 g/mol. The van der Waals surface area contributed by atoms with Gasteiger partial charge in [-0.25, -0.2) is 0 Å². The molecule has 3 rings (SSSR count). The van der Waals surface area contributed by atoms with Gasteiger partial charge in [0.05, 0.1) is 20.8 Å². The first-order valence-corrected chi connectivity index (χ1v) is 8.27. The second-order valence-electron chi connectivity index (χ2n) is 6.38. The number of ether oxygens (including phenoxy) is 2. The SMILES string of the molecule is COc1ccc(/C=C2/CN(c3cc(C)c(C)c(OC)c3)C2=O)cc1C. The molecule has 1 amide bonds. The summed E-state index contributed by atoms with van der Waals surface area (Å²) in [5.74, 6) is 1.70. The Morgan fingerprint density at radius 2 is 1.68 bits per heavy atom. The van der Waals surface area contributed by atoms with Gasteiger partial charge in [0.25, 0.3) is 5.91 Å². The molecule has 4 nitrogen and oxygen atoms in total. The number of carbonyl (C=O) groups excluding carboxylic acids is 1. The van der Waals surface area contributed by atoms with Gasteiger partial charge < -0.3 is 14.4 Å². The number of nitrogens with zero attached hydrogens (tertiary/aromatic N) is 1. The molecule has 1 aliphatic rings. The molecule has 0 N–H and O–H groups in total. The second-order valence-corrected chi connectivity index (χ2v) is 6.38. The van der Waals surface area contributed by atoms with Gasteiger partial charge in [-0.3, -0.25) is 4.79 Å². The van der Waals surface area contributed by atoms with E-state index in [4.69, 9.17) is 9.47 Å². The van der Waals surface area contributed by atoms with Crippen molar-refractivity contribution in [1.82, 2.24) is 0 Å². The molecule has 0 bridgehead atoms. The molecule has 0 spiro atoms. The van der Waals surface area contributed by atoms with E-state index in [0.29, 0.717) is 6.54 Å². The van der Waals surface area contributed by atoms with Gasteiger partial charge in [0.15, 0.2) is 0 Å². The largest absolute Gasteiger partial charge is 0.496 e. The lowest BCUT2D eigenvalue weighted by Crippen LogP contribution is -2.46. The molecule has 1 heterocycles. The molecule has 0 atom stereocenters. The first-order chi connectivity index (χ1) is 11.9. The summed E-state index contributed by atoms with van der Waals surface area (Å²) in [6.45, 7) is 6.66. The highest BCUT2D eigenvalue weighted by atomic mass is 16.5. The van der Waals surface area contributed by atoms with Crippen molar-refractivity contribution in [2.24, 2.45) is 0 Å². The van der Waals surface area contributed by atoms with Gasteiger partial charge in [-0.05, 0) is 67.3 Å². The van der Waals surface area contributed by atoms with Crippen LogP contribution in [0.2, 0.25) is 0 Å². The fourth-order valence-electron chi connectivity index (χ4n) is 3.08. The van der Waals surface area contributed by atoms with Gasteiger partial charge in [-0.1, -0.05) is 6.07 Å². The van der Waals surface area contributed by atoms with E-state index in [1.54, 1.807) is 19.1 Å². The zero-order valence-electron chi connectivity index (χ0n) is 15.3. The van der Waals surface area contributed by atoms with E-state index < -0.39 is 0 Å². The molecule has 2 aromatic rings. The molecule has 25 heavy (non-hydrogen) atoms. The fourth-order valence-corrected chi connectivity index (χ4v) is 3.08. The number of hydrogen-bond donors (Lipinski definition) is 0. The summed E-state index contributed by atoms with van der Waals surface area (Å²) in [7, 11) is 3.31. The van der Waals surface area contributed by atoms with Gasteiger partial charge >= 0.3 is 0 Å². The topological polar surface area (TPSA) is 38.8 Å². The van der Waals surface area contributed by atoms with Crippen molar-refractivity contribution in [2.75, 3.05) is 25.7 Å². The third-order valence-electron chi connectivity index (χ3n) is 4.74. The van der Waals surface area contributed by atoms with E-state index in [9.17, 15) is 4.79 Å². The normalized spacial score (nSPS) is 15.3. The van der Waals surface area contributed by atoms with Crippen molar-refractivity contribution in [2.45, 2.75) is 20.8 Å². The van der Waals surface area contributed by atoms with E-state index in [-0.39, 0.29) is 5.91 Å². The van der Waals surface area contributed by atoms with Crippen LogP contribution in [0, 0.1) is 20.8 Å². The highest BCUT2D eigenvalue weighted by Crippen LogP contribution is 2.33. The number of methoxy groups -OCH3 is 2. The summed E-state index contributed by atoms with van der Waals surface area (Å²) in [5, 5.41) is 0. The molecule has 0 aromatic heterocycles.